The van der Waals surface area contributed by atoms with E-state index in [1.165, 1.54) is 41.7 Å². The van der Waals surface area contributed by atoms with E-state index in [4.69, 9.17) is 0 Å². The van der Waals surface area contributed by atoms with Crippen molar-refractivity contribution in [1.29, 1.82) is 0 Å². The maximum Gasteiger partial charge on any atom is 0.0221 e. The Morgan fingerprint density at radius 3 is 2.67 bits per heavy atom. The highest BCUT2D eigenvalue weighted by Gasteiger charge is 2.21. The number of nitrogens with one attached hydrogen (secondary N) is 1. The second kappa shape index (κ2) is 7.19. The Morgan fingerprint density at radius 1 is 1.24 bits per heavy atom. The van der Waals surface area contributed by atoms with E-state index in [-0.39, 0.29) is 5.54 Å². The molecule has 1 N–H and O–H groups in total. The number of thioether (sulfide) groups is 1. The Hall–Kier alpha value is -0.470. The van der Waals surface area contributed by atoms with E-state index in [2.05, 4.69) is 69.9 Å². The van der Waals surface area contributed by atoms with E-state index in [1.54, 1.807) is 0 Å². The average molecular weight is 306 g/mol. The summed E-state index contributed by atoms with van der Waals surface area (Å²) >= 11 is 2.11. The zero-order chi connectivity index (χ0) is 15.5. The van der Waals surface area contributed by atoms with Gasteiger partial charge in [0.05, 0.1) is 0 Å². The summed E-state index contributed by atoms with van der Waals surface area (Å²) in [5.74, 6) is 0.901. The third kappa shape index (κ3) is 5.67. The van der Waals surface area contributed by atoms with Gasteiger partial charge >= 0.3 is 0 Å². The molecule has 0 heterocycles. The summed E-state index contributed by atoms with van der Waals surface area (Å²) in [5.41, 5.74) is 3.00. The summed E-state index contributed by atoms with van der Waals surface area (Å²) in [6.07, 6.45) is 5.59. The second-order valence-corrected chi connectivity index (χ2v) is 9.07. The molecule has 1 aliphatic rings. The predicted octanol–water partition coefficient (Wildman–Crippen LogP) is 5.55. The van der Waals surface area contributed by atoms with Crippen LogP contribution in [0.4, 0.5) is 0 Å². The minimum absolute atomic E-state index is 0.172. The fourth-order valence-electron chi connectivity index (χ4n) is 2.99. The first-order valence-electron chi connectivity index (χ1n) is 8.35. The van der Waals surface area contributed by atoms with Gasteiger partial charge in [0.15, 0.2) is 0 Å². The fraction of sp³-hybridized carbons (Fsp3) is 0.684. The van der Waals surface area contributed by atoms with Crippen molar-refractivity contribution in [2.24, 2.45) is 5.92 Å². The number of aryl methyl sites for hydroxylation is 1. The van der Waals surface area contributed by atoms with Gasteiger partial charge in [-0.2, -0.15) is 0 Å². The second-order valence-electron chi connectivity index (χ2n) is 7.73. The molecular weight excluding hydrogens is 274 g/mol. The van der Waals surface area contributed by atoms with Gasteiger partial charge in [0.25, 0.3) is 0 Å². The van der Waals surface area contributed by atoms with Crippen LogP contribution < -0.4 is 5.32 Å². The third-order valence-electron chi connectivity index (χ3n) is 4.21. The van der Waals surface area contributed by atoms with Crippen LogP contribution in [0.5, 0.6) is 0 Å². The summed E-state index contributed by atoms with van der Waals surface area (Å²) in [4.78, 5) is 1.48. The van der Waals surface area contributed by atoms with Crippen LogP contribution in [0.15, 0.2) is 23.1 Å². The molecule has 0 bridgehead atoms. The molecular formula is C19H31NS. The highest BCUT2D eigenvalue weighted by Crippen LogP contribution is 2.37. The van der Waals surface area contributed by atoms with Crippen LogP contribution in [0.3, 0.4) is 0 Å². The van der Waals surface area contributed by atoms with Crippen LogP contribution in [0.1, 0.15) is 64.5 Å². The lowest BCUT2D eigenvalue weighted by Gasteiger charge is -2.27. The SMILES string of the molecule is Cc1ccc(SC2CCCC(C)C2)c(CNC(C)(C)C)c1. The minimum Gasteiger partial charge on any atom is -0.308 e. The Kier molecular flexibility index (Phi) is 5.79. The molecule has 2 unspecified atom stereocenters. The van der Waals surface area contributed by atoms with E-state index >= 15 is 0 Å². The maximum atomic E-state index is 3.64. The van der Waals surface area contributed by atoms with Gasteiger partial charge in [0, 0.05) is 22.2 Å². The molecule has 2 atom stereocenters. The third-order valence-corrected chi connectivity index (χ3v) is 5.62. The zero-order valence-corrected chi connectivity index (χ0v) is 15.1. The fourth-order valence-corrected chi connectivity index (χ4v) is 4.48. The molecule has 21 heavy (non-hydrogen) atoms. The average Bonchev–Trinajstić information content (AvgIpc) is 2.38. The van der Waals surface area contributed by atoms with E-state index in [0.29, 0.717) is 0 Å². The molecule has 0 aliphatic heterocycles. The topological polar surface area (TPSA) is 12.0 Å². The van der Waals surface area contributed by atoms with E-state index < -0.39 is 0 Å². The lowest BCUT2D eigenvalue weighted by atomic mass is 9.91. The molecule has 1 fully saturated rings. The highest BCUT2D eigenvalue weighted by atomic mass is 32.2. The molecule has 2 heteroatoms. The van der Waals surface area contributed by atoms with Crippen LogP contribution in [0, 0.1) is 12.8 Å². The summed E-state index contributed by atoms with van der Waals surface area (Å²) in [6, 6.07) is 6.95. The van der Waals surface area contributed by atoms with Gasteiger partial charge in [-0.1, -0.05) is 37.5 Å². The number of hydrogen-bond acceptors (Lipinski definition) is 2. The molecule has 1 saturated carbocycles. The van der Waals surface area contributed by atoms with Gasteiger partial charge in [-0.05, 0) is 58.1 Å². The van der Waals surface area contributed by atoms with Gasteiger partial charge in [0.1, 0.15) is 0 Å². The van der Waals surface area contributed by atoms with Crippen LogP contribution in [-0.2, 0) is 6.54 Å². The van der Waals surface area contributed by atoms with Gasteiger partial charge in [-0.15, -0.1) is 11.8 Å². The van der Waals surface area contributed by atoms with E-state index in [1.807, 2.05) is 0 Å². The molecule has 2 rings (SSSR count). The molecule has 118 valence electrons. The van der Waals surface area contributed by atoms with Crippen LogP contribution in [0.2, 0.25) is 0 Å². The van der Waals surface area contributed by atoms with Crippen molar-refractivity contribution in [2.45, 2.75) is 82.5 Å². The number of rotatable bonds is 4. The van der Waals surface area contributed by atoms with Gasteiger partial charge < -0.3 is 5.32 Å². The summed E-state index contributed by atoms with van der Waals surface area (Å²) in [5, 5.41) is 4.45. The molecule has 1 aromatic rings. The molecule has 1 aliphatic carbocycles. The minimum atomic E-state index is 0.172. The van der Waals surface area contributed by atoms with E-state index in [9.17, 15) is 0 Å². The summed E-state index contributed by atoms with van der Waals surface area (Å²) < 4.78 is 0. The Balaban J connectivity index is 2.07. The van der Waals surface area contributed by atoms with Gasteiger partial charge in [-0.25, -0.2) is 0 Å². The Labute approximate surface area is 135 Å². The smallest absolute Gasteiger partial charge is 0.0221 e. The normalized spacial score (nSPS) is 23.3. The van der Waals surface area contributed by atoms with Crippen molar-refractivity contribution in [3.05, 3.63) is 29.3 Å². The van der Waals surface area contributed by atoms with Gasteiger partial charge in [0.2, 0.25) is 0 Å². The van der Waals surface area contributed by atoms with Crippen molar-refractivity contribution in [2.75, 3.05) is 0 Å². The van der Waals surface area contributed by atoms with Crippen molar-refractivity contribution in [3.63, 3.8) is 0 Å². The van der Waals surface area contributed by atoms with Crippen molar-refractivity contribution in [1.82, 2.24) is 5.32 Å². The molecule has 0 radical (unpaired) electrons. The number of hydrogen-bond donors (Lipinski definition) is 1. The molecule has 1 aromatic carbocycles. The Bertz CT molecular complexity index is 461. The largest absolute Gasteiger partial charge is 0.308 e. The Morgan fingerprint density at radius 2 is 2.00 bits per heavy atom. The molecule has 0 aromatic heterocycles. The molecule has 0 amide bonds. The molecule has 0 spiro atoms. The monoisotopic (exact) mass is 305 g/mol. The molecule has 0 saturated heterocycles. The summed E-state index contributed by atoms with van der Waals surface area (Å²) in [7, 11) is 0. The first kappa shape index (κ1) is 16.9. The van der Waals surface area contributed by atoms with Crippen molar-refractivity contribution >= 4 is 11.8 Å². The summed E-state index contributed by atoms with van der Waals surface area (Å²) in [6.45, 7) is 12.3. The highest BCUT2D eigenvalue weighted by molar-refractivity contribution is 8.00. The van der Waals surface area contributed by atoms with Crippen molar-refractivity contribution in [3.8, 4) is 0 Å². The lowest BCUT2D eigenvalue weighted by molar-refractivity contribution is 0.394. The zero-order valence-electron chi connectivity index (χ0n) is 14.3. The predicted molar refractivity (Wildman–Crippen MR) is 95.0 cm³/mol. The lowest BCUT2D eigenvalue weighted by Crippen LogP contribution is -2.35. The van der Waals surface area contributed by atoms with Crippen LogP contribution in [0.25, 0.3) is 0 Å². The number of benzene rings is 1. The first-order valence-corrected chi connectivity index (χ1v) is 9.22. The standard InChI is InChI=1S/C19H31NS/c1-14-7-6-8-17(12-14)21-18-10-9-15(2)11-16(18)13-20-19(3,4)5/h9-11,14,17,20H,6-8,12-13H2,1-5H3. The van der Waals surface area contributed by atoms with Crippen molar-refractivity contribution < 1.29 is 0 Å². The van der Waals surface area contributed by atoms with Crippen LogP contribution >= 0.6 is 11.8 Å². The quantitative estimate of drug-likeness (QED) is 0.782. The van der Waals surface area contributed by atoms with Crippen LogP contribution in [-0.4, -0.2) is 10.8 Å². The van der Waals surface area contributed by atoms with E-state index in [0.717, 1.165) is 17.7 Å². The molecule has 1 nitrogen and oxygen atoms in total. The van der Waals surface area contributed by atoms with Gasteiger partial charge in [-0.3, -0.25) is 0 Å². The maximum absolute atomic E-state index is 3.64. The first-order chi connectivity index (χ1) is 9.83.